The number of aromatic nitrogens is 5. The Morgan fingerprint density at radius 2 is 1.96 bits per heavy atom. The highest BCUT2D eigenvalue weighted by molar-refractivity contribution is 5.41. The SMILES string of the molecule is C[C@@H](c1ncncc1F)[C@](O)(Cn1cncn1)c1cc([N+](=O)[O-])c(F)cc1F. The van der Waals surface area contributed by atoms with Gasteiger partial charge in [-0.3, -0.25) is 10.1 Å². The van der Waals surface area contributed by atoms with Crippen LogP contribution in [0.1, 0.15) is 24.1 Å². The number of benzene rings is 1. The Labute approximate surface area is 155 Å². The summed E-state index contributed by atoms with van der Waals surface area (Å²) in [6.45, 7) is 0.883. The van der Waals surface area contributed by atoms with Crippen molar-refractivity contribution in [2.24, 2.45) is 0 Å². The summed E-state index contributed by atoms with van der Waals surface area (Å²) in [6.07, 6.45) is 4.26. The number of hydrogen-bond donors (Lipinski definition) is 1. The van der Waals surface area contributed by atoms with Gasteiger partial charge in [-0.1, -0.05) is 6.92 Å². The van der Waals surface area contributed by atoms with Gasteiger partial charge >= 0.3 is 5.69 Å². The van der Waals surface area contributed by atoms with Crippen LogP contribution >= 0.6 is 0 Å². The van der Waals surface area contributed by atoms with Crippen LogP contribution in [0.25, 0.3) is 0 Å². The van der Waals surface area contributed by atoms with Crippen molar-refractivity contribution in [1.82, 2.24) is 24.7 Å². The Morgan fingerprint density at radius 3 is 2.57 bits per heavy atom. The molecule has 2 heterocycles. The first-order chi connectivity index (χ1) is 13.2. The maximum Gasteiger partial charge on any atom is 0.305 e. The molecular weight excluding hydrogens is 381 g/mol. The van der Waals surface area contributed by atoms with Crippen molar-refractivity contribution in [2.45, 2.75) is 25.0 Å². The van der Waals surface area contributed by atoms with Gasteiger partial charge in [-0.2, -0.15) is 9.49 Å². The van der Waals surface area contributed by atoms with E-state index in [2.05, 4.69) is 20.1 Å². The number of rotatable bonds is 6. The molecule has 0 radical (unpaired) electrons. The van der Waals surface area contributed by atoms with Crippen molar-refractivity contribution < 1.29 is 23.2 Å². The van der Waals surface area contributed by atoms with Crippen LogP contribution in [-0.4, -0.2) is 34.8 Å². The molecule has 0 bridgehead atoms. The molecule has 1 aromatic carbocycles. The minimum atomic E-state index is -2.29. The number of nitro benzene ring substituents is 1. The molecule has 0 amide bonds. The highest BCUT2D eigenvalue weighted by atomic mass is 19.1. The molecule has 0 saturated carbocycles. The van der Waals surface area contributed by atoms with Crippen molar-refractivity contribution in [3.63, 3.8) is 0 Å². The Hall–Kier alpha value is -3.41. The molecule has 0 fully saturated rings. The lowest BCUT2D eigenvalue weighted by Gasteiger charge is -2.34. The summed E-state index contributed by atoms with van der Waals surface area (Å²) in [5.41, 5.74) is -4.19. The van der Waals surface area contributed by atoms with Gasteiger partial charge < -0.3 is 5.11 Å². The molecule has 0 aliphatic heterocycles. The van der Waals surface area contributed by atoms with Crippen molar-refractivity contribution in [3.05, 3.63) is 76.1 Å². The highest BCUT2D eigenvalue weighted by Crippen LogP contribution is 2.41. The van der Waals surface area contributed by atoms with Crippen LogP contribution in [0.15, 0.2) is 37.3 Å². The summed E-state index contributed by atoms with van der Waals surface area (Å²) in [4.78, 5) is 21.0. The van der Waals surface area contributed by atoms with Crippen molar-refractivity contribution in [3.8, 4) is 0 Å². The van der Waals surface area contributed by atoms with Gasteiger partial charge in [0.1, 0.15) is 30.4 Å². The summed E-state index contributed by atoms with van der Waals surface area (Å²) < 4.78 is 43.7. The van der Waals surface area contributed by atoms with Crippen LogP contribution in [0.4, 0.5) is 18.9 Å². The quantitative estimate of drug-likeness (QED) is 0.502. The third-order valence-corrected chi connectivity index (χ3v) is 4.39. The summed E-state index contributed by atoms with van der Waals surface area (Å²) >= 11 is 0. The Kier molecular flexibility index (Phi) is 5.05. The number of aliphatic hydroxyl groups is 1. The fourth-order valence-corrected chi connectivity index (χ4v) is 2.89. The topological polar surface area (TPSA) is 120 Å². The lowest BCUT2D eigenvalue weighted by Crippen LogP contribution is -2.39. The second-order valence-corrected chi connectivity index (χ2v) is 6.04. The summed E-state index contributed by atoms with van der Waals surface area (Å²) in [6, 6.07) is 0.875. The van der Waals surface area contributed by atoms with E-state index in [9.17, 15) is 28.4 Å². The molecule has 3 aromatic rings. The predicted molar refractivity (Wildman–Crippen MR) is 87.3 cm³/mol. The van der Waals surface area contributed by atoms with Gasteiger partial charge in [-0.05, 0) is 0 Å². The Morgan fingerprint density at radius 1 is 1.21 bits per heavy atom. The van der Waals surface area contributed by atoms with Gasteiger partial charge in [0.05, 0.1) is 23.4 Å². The zero-order valence-corrected chi connectivity index (χ0v) is 14.3. The van der Waals surface area contributed by atoms with E-state index < -0.39 is 51.7 Å². The van der Waals surface area contributed by atoms with E-state index in [1.54, 1.807) is 0 Å². The first-order valence-corrected chi connectivity index (χ1v) is 7.88. The molecule has 1 N–H and O–H groups in total. The first-order valence-electron chi connectivity index (χ1n) is 7.88. The molecule has 0 aliphatic carbocycles. The largest absolute Gasteiger partial charge is 0.382 e. The van der Waals surface area contributed by atoms with Crippen molar-refractivity contribution >= 4 is 5.69 Å². The van der Waals surface area contributed by atoms with Gasteiger partial charge in [0.25, 0.3) is 0 Å². The maximum atomic E-state index is 14.6. The molecule has 28 heavy (non-hydrogen) atoms. The molecule has 2 aromatic heterocycles. The minimum Gasteiger partial charge on any atom is -0.382 e. The molecule has 146 valence electrons. The summed E-state index contributed by atoms with van der Waals surface area (Å²) in [5.74, 6) is -4.74. The van der Waals surface area contributed by atoms with Crippen LogP contribution < -0.4 is 0 Å². The van der Waals surface area contributed by atoms with E-state index in [0.717, 1.165) is 23.5 Å². The van der Waals surface area contributed by atoms with Gasteiger partial charge in [0, 0.05) is 23.6 Å². The molecule has 0 saturated heterocycles. The third kappa shape index (κ3) is 3.41. The van der Waals surface area contributed by atoms with Gasteiger partial charge in [-0.15, -0.1) is 0 Å². The number of hydrogen-bond acceptors (Lipinski definition) is 7. The first kappa shape index (κ1) is 19.4. The van der Waals surface area contributed by atoms with E-state index in [0.29, 0.717) is 12.1 Å². The lowest BCUT2D eigenvalue weighted by atomic mass is 9.79. The number of nitro groups is 1. The average molecular weight is 394 g/mol. The van der Waals surface area contributed by atoms with E-state index >= 15 is 0 Å². The second kappa shape index (κ2) is 7.31. The molecule has 3 rings (SSSR count). The van der Waals surface area contributed by atoms with Gasteiger partial charge in [0.2, 0.25) is 5.82 Å². The normalized spacial score (nSPS) is 14.5. The summed E-state index contributed by atoms with van der Waals surface area (Å²) in [5, 5.41) is 26.3. The fourth-order valence-electron chi connectivity index (χ4n) is 2.89. The molecular formula is C16H13F3N6O3. The zero-order valence-electron chi connectivity index (χ0n) is 14.3. The van der Waals surface area contributed by atoms with E-state index in [-0.39, 0.29) is 5.69 Å². The smallest absolute Gasteiger partial charge is 0.305 e. The van der Waals surface area contributed by atoms with Crippen LogP contribution in [0.2, 0.25) is 0 Å². The highest BCUT2D eigenvalue weighted by Gasteiger charge is 2.43. The van der Waals surface area contributed by atoms with Gasteiger partial charge in [-0.25, -0.2) is 28.4 Å². The Balaban J connectivity index is 2.21. The van der Waals surface area contributed by atoms with Crippen molar-refractivity contribution in [2.75, 3.05) is 0 Å². The molecule has 9 nitrogen and oxygen atoms in total. The van der Waals surface area contributed by atoms with Crippen LogP contribution in [0.5, 0.6) is 0 Å². The second-order valence-electron chi connectivity index (χ2n) is 6.04. The Bertz CT molecular complexity index is 1020. The number of nitrogens with zero attached hydrogens (tertiary/aromatic N) is 6. The average Bonchev–Trinajstić information content (AvgIpc) is 3.13. The van der Waals surface area contributed by atoms with Crippen LogP contribution in [-0.2, 0) is 12.1 Å². The van der Waals surface area contributed by atoms with Gasteiger partial charge in [0.15, 0.2) is 5.82 Å². The maximum absolute atomic E-state index is 14.6. The molecule has 0 spiro atoms. The zero-order chi connectivity index (χ0) is 20.5. The molecule has 0 unspecified atom stereocenters. The fraction of sp³-hybridized carbons (Fsp3) is 0.250. The third-order valence-electron chi connectivity index (χ3n) is 4.39. The molecule has 0 aliphatic rings. The summed E-state index contributed by atoms with van der Waals surface area (Å²) in [7, 11) is 0. The van der Waals surface area contributed by atoms with Crippen LogP contribution in [0.3, 0.4) is 0 Å². The lowest BCUT2D eigenvalue weighted by molar-refractivity contribution is -0.387. The molecule has 12 heteroatoms. The predicted octanol–water partition coefficient (Wildman–Crippen LogP) is 2.09. The van der Waals surface area contributed by atoms with E-state index in [1.165, 1.54) is 13.3 Å². The minimum absolute atomic E-state index is 0.260. The van der Waals surface area contributed by atoms with E-state index in [1.807, 2.05) is 0 Å². The molecule has 2 atom stereocenters. The van der Waals surface area contributed by atoms with Crippen LogP contribution in [0, 0.1) is 27.6 Å². The standard InChI is InChI=1S/C16H13F3N6O3/c1-9(15-13(19)4-20-6-22-15)16(26,5-24-8-21-7-23-24)10-2-14(25(27)28)12(18)3-11(10)17/h2-4,6-9,26H,5H2,1H3/t9-,16+/m0/s1. The van der Waals surface area contributed by atoms with E-state index in [4.69, 9.17) is 0 Å². The van der Waals surface area contributed by atoms with Crippen molar-refractivity contribution in [1.29, 1.82) is 0 Å². The monoisotopic (exact) mass is 394 g/mol. The number of halogens is 3.